The highest BCUT2D eigenvalue weighted by Gasteiger charge is 2.37. The fourth-order valence-corrected chi connectivity index (χ4v) is 5.51. The molecule has 1 aromatic heterocycles. The standard InChI is InChI=1S/C15H16N2O4S2/c1-11-6-7-12(10-14(11)17(18)19)23(20,21)16-8-2-4-13(16)15-5-3-9-22-15/h3,5-7,9-10,13H,2,4,8H2,1H3. The second kappa shape index (κ2) is 6.03. The molecule has 122 valence electrons. The molecular weight excluding hydrogens is 336 g/mol. The van der Waals surface area contributed by atoms with Gasteiger partial charge in [-0.3, -0.25) is 10.1 Å². The van der Waals surface area contributed by atoms with Crippen molar-refractivity contribution >= 4 is 27.0 Å². The molecule has 0 amide bonds. The van der Waals surface area contributed by atoms with E-state index in [1.54, 1.807) is 6.92 Å². The lowest BCUT2D eigenvalue weighted by molar-refractivity contribution is -0.385. The lowest BCUT2D eigenvalue weighted by Crippen LogP contribution is -2.30. The van der Waals surface area contributed by atoms with Gasteiger partial charge in [0, 0.05) is 23.1 Å². The van der Waals surface area contributed by atoms with Crippen molar-refractivity contribution in [3.05, 3.63) is 56.3 Å². The Kier molecular flexibility index (Phi) is 4.22. The Labute approximate surface area is 138 Å². The van der Waals surface area contributed by atoms with E-state index >= 15 is 0 Å². The number of rotatable bonds is 4. The van der Waals surface area contributed by atoms with Crippen LogP contribution in [0, 0.1) is 17.0 Å². The highest BCUT2D eigenvalue weighted by Crippen LogP contribution is 2.39. The fourth-order valence-electron chi connectivity index (χ4n) is 2.87. The molecule has 1 unspecified atom stereocenters. The number of sulfonamides is 1. The van der Waals surface area contributed by atoms with Crippen molar-refractivity contribution in [2.24, 2.45) is 0 Å². The zero-order chi connectivity index (χ0) is 16.6. The monoisotopic (exact) mass is 352 g/mol. The summed E-state index contributed by atoms with van der Waals surface area (Å²) < 4.78 is 27.3. The van der Waals surface area contributed by atoms with Crippen LogP contribution in [0.4, 0.5) is 5.69 Å². The van der Waals surface area contributed by atoms with E-state index in [-0.39, 0.29) is 16.6 Å². The number of hydrogen-bond donors (Lipinski definition) is 0. The number of aryl methyl sites for hydroxylation is 1. The zero-order valence-corrected chi connectivity index (χ0v) is 14.1. The first-order valence-corrected chi connectivity index (χ1v) is 9.53. The Bertz CT molecular complexity index is 831. The first kappa shape index (κ1) is 16.1. The molecule has 0 bridgehead atoms. The second-order valence-electron chi connectivity index (χ2n) is 5.49. The van der Waals surface area contributed by atoms with Crippen LogP contribution in [-0.2, 0) is 10.0 Å². The molecule has 1 saturated heterocycles. The summed E-state index contributed by atoms with van der Waals surface area (Å²) in [7, 11) is -3.75. The first-order valence-electron chi connectivity index (χ1n) is 7.21. The molecule has 2 heterocycles. The van der Waals surface area contributed by atoms with Crippen LogP contribution in [0.25, 0.3) is 0 Å². The van der Waals surface area contributed by atoms with Crippen LogP contribution in [0.15, 0.2) is 40.6 Å². The number of benzene rings is 1. The van der Waals surface area contributed by atoms with Crippen LogP contribution in [0.2, 0.25) is 0 Å². The topological polar surface area (TPSA) is 80.5 Å². The van der Waals surface area contributed by atoms with Gasteiger partial charge in [0.05, 0.1) is 15.9 Å². The summed E-state index contributed by atoms with van der Waals surface area (Å²) in [6.45, 7) is 2.03. The van der Waals surface area contributed by atoms with Gasteiger partial charge in [0.1, 0.15) is 0 Å². The molecule has 3 rings (SSSR count). The first-order chi connectivity index (χ1) is 10.9. The SMILES string of the molecule is Cc1ccc(S(=O)(=O)N2CCCC2c2cccs2)cc1[N+](=O)[O-]. The third-order valence-corrected chi connectivity index (χ3v) is 6.94. The molecule has 0 saturated carbocycles. The Morgan fingerprint density at radius 3 is 2.78 bits per heavy atom. The third kappa shape index (κ3) is 2.89. The van der Waals surface area contributed by atoms with Crippen LogP contribution in [0.1, 0.15) is 29.3 Å². The predicted molar refractivity (Wildman–Crippen MR) is 88.0 cm³/mol. The second-order valence-corrected chi connectivity index (χ2v) is 8.36. The van der Waals surface area contributed by atoms with E-state index < -0.39 is 14.9 Å². The van der Waals surface area contributed by atoms with Crippen molar-refractivity contribution in [2.45, 2.75) is 30.7 Å². The molecule has 0 radical (unpaired) electrons. The fraction of sp³-hybridized carbons (Fsp3) is 0.333. The van der Waals surface area contributed by atoms with Gasteiger partial charge in [0.15, 0.2) is 0 Å². The molecular formula is C15H16N2O4S2. The summed E-state index contributed by atoms with van der Waals surface area (Å²) >= 11 is 1.53. The van der Waals surface area contributed by atoms with Crippen molar-refractivity contribution in [3.63, 3.8) is 0 Å². The van der Waals surface area contributed by atoms with Gasteiger partial charge in [0.2, 0.25) is 10.0 Å². The molecule has 1 aromatic carbocycles. The van der Waals surface area contributed by atoms with E-state index in [0.29, 0.717) is 12.1 Å². The van der Waals surface area contributed by atoms with Crippen LogP contribution in [0.3, 0.4) is 0 Å². The zero-order valence-electron chi connectivity index (χ0n) is 12.5. The molecule has 6 nitrogen and oxygen atoms in total. The van der Waals surface area contributed by atoms with Crippen LogP contribution in [0.5, 0.6) is 0 Å². The lowest BCUT2D eigenvalue weighted by Gasteiger charge is -2.23. The van der Waals surface area contributed by atoms with Gasteiger partial charge in [-0.25, -0.2) is 8.42 Å². The van der Waals surface area contributed by atoms with Crippen molar-refractivity contribution < 1.29 is 13.3 Å². The average Bonchev–Trinajstić information content (AvgIpc) is 3.18. The van der Waals surface area contributed by atoms with Gasteiger partial charge >= 0.3 is 0 Å². The van der Waals surface area contributed by atoms with Crippen LogP contribution >= 0.6 is 11.3 Å². The molecule has 0 aliphatic carbocycles. The minimum absolute atomic E-state index is 0.0155. The number of hydrogen-bond acceptors (Lipinski definition) is 5. The quantitative estimate of drug-likeness (QED) is 0.623. The summed E-state index contributed by atoms with van der Waals surface area (Å²) in [5.41, 5.74) is 0.281. The van der Waals surface area contributed by atoms with Gasteiger partial charge in [-0.1, -0.05) is 12.1 Å². The molecule has 1 atom stereocenters. The maximum atomic E-state index is 12.9. The average molecular weight is 352 g/mol. The van der Waals surface area contributed by atoms with Gasteiger partial charge in [-0.2, -0.15) is 4.31 Å². The number of nitro benzene ring substituents is 1. The molecule has 8 heteroatoms. The van der Waals surface area contributed by atoms with Crippen molar-refractivity contribution in [3.8, 4) is 0 Å². The Morgan fingerprint density at radius 1 is 1.35 bits per heavy atom. The van der Waals surface area contributed by atoms with E-state index in [1.165, 1.54) is 27.8 Å². The maximum Gasteiger partial charge on any atom is 0.273 e. The van der Waals surface area contributed by atoms with E-state index in [9.17, 15) is 18.5 Å². The van der Waals surface area contributed by atoms with E-state index in [2.05, 4.69) is 0 Å². The predicted octanol–water partition coefficient (Wildman–Crippen LogP) is 3.49. The van der Waals surface area contributed by atoms with E-state index in [0.717, 1.165) is 23.8 Å². The molecule has 23 heavy (non-hydrogen) atoms. The number of nitro groups is 1. The molecule has 0 N–H and O–H groups in total. The van der Waals surface area contributed by atoms with Crippen molar-refractivity contribution in [1.82, 2.24) is 4.31 Å². The molecule has 0 spiro atoms. The minimum Gasteiger partial charge on any atom is -0.258 e. The normalized spacial score (nSPS) is 19.1. The lowest BCUT2D eigenvalue weighted by atomic mass is 10.2. The molecule has 1 fully saturated rings. The summed E-state index contributed by atoms with van der Waals surface area (Å²) in [6.07, 6.45) is 1.56. The highest BCUT2D eigenvalue weighted by atomic mass is 32.2. The smallest absolute Gasteiger partial charge is 0.258 e. The summed E-state index contributed by atoms with van der Waals surface area (Å²) in [4.78, 5) is 11.5. The highest BCUT2D eigenvalue weighted by molar-refractivity contribution is 7.89. The summed E-state index contributed by atoms with van der Waals surface area (Å²) in [5, 5.41) is 13.0. The van der Waals surface area contributed by atoms with Crippen molar-refractivity contribution in [2.75, 3.05) is 6.54 Å². The summed E-state index contributed by atoms with van der Waals surface area (Å²) in [5.74, 6) is 0. The molecule has 2 aromatic rings. The third-order valence-electron chi connectivity index (χ3n) is 4.06. The van der Waals surface area contributed by atoms with Gasteiger partial charge in [-0.05, 0) is 37.3 Å². The number of nitrogens with zero attached hydrogens (tertiary/aromatic N) is 2. The van der Waals surface area contributed by atoms with Gasteiger partial charge in [0.25, 0.3) is 5.69 Å². The molecule has 1 aliphatic heterocycles. The maximum absolute atomic E-state index is 12.9. The Morgan fingerprint density at radius 2 is 2.13 bits per heavy atom. The van der Waals surface area contributed by atoms with E-state index in [1.807, 2.05) is 17.5 Å². The molecule has 1 aliphatic rings. The minimum atomic E-state index is -3.75. The van der Waals surface area contributed by atoms with Crippen molar-refractivity contribution in [1.29, 1.82) is 0 Å². The van der Waals surface area contributed by atoms with Crippen LogP contribution in [-0.4, -0.2) is 24.2 Å². The number of thiophene rings is 1. The van der Waals surface area contributed by atoms with E-state index in [4.69, 9.17) is 0 Å². The van der Waals surface area contributed by atoms with Crippen LogP contribution < -0.4 is 0 Å². The van der Waals surface area contributed by atoms with Gasteiger partial charge < -0.3 is 0 Å². The summed E-state index contributed by atoms with van der Waals surface area (Å²) in [6, 6.07) is 7.75. The van der Waals surface area contributed by atoms with Gasteiger partial charge in [-0.15, -0.1) is 11.3 Å². The Balaban J connectivity index is 2.01. The Hall–Kier alpha value is -1.77. The largest absolute Gasteiger partial charge is 0.273 e.